The molecule has 2 saturated carbocycles. The van der Waals surface area contributed by atoms with Crippen LogP contribution < -0.4 is 5.32 Å². The van der Waals surface area contributed by atoms with Crippen LogP contribution in [-0.4, -0.2) is 29.3 Å². The maximum atomic E-state index is 13.1. The van der Waals surface area contributed by atoms with Gasteiger partial charge in [-0.2, -0.15) is 0 Å². The minimum absolute atomic E-state index is 0. The lowest BCUT2D eigenvalue weighted by Crippen LogP contribution is -2.46. The number of halogens is 1. The summed E-state index contributed by atoms with van der Waals surface area (Å²) in [4.78, 5) is 14.4. The van der Waals surface area contributed by atoms with Gasteiger partial charge < -0.3 is 15.2 Å². The maximum Gasteiger partial charge on any atom is 0.349 e. The van der Waals surface area contributed by atoms with Gasteiger partial charge in [-0.3, -0.25) is 0 Å². The predicted molar refractivity (Wildman–Crippen MR) is 113 cm³/mol. The Kier molecular flexibility index (Phi) is 4.83. The Labute approximate surface area is 177 Å². The van der Waals surface area contributed by atoms with Crippen LogP contribution in [0, 0.1) is 17.3 Å². The van der Waals surface area contributed by atoms with Gasteiger partial charge in [0, 0.05) is 12.1 Å². The summed E-state index contributed by atoms with van der Waals surface area (Å²) in [5.41, 5.74) is -1.39. The van der Waals surface area contributed by atoms with Crippen molar-refractivity contribution in [1.29, 1.82) is 0 Å². The summed E-state index contributed by atoms with van der Waals surface area (Å²) >= 11 is 2.77. The SMILES string of the molecule is Br.CC1(C)[C@@H]2C[C@@H](OC(=O)C(O)(c3cccs3)c3cccs3)C[C@H]1[C@@H]1N[C@@H]12. The van der Waals surface area contributed by atoms with Gasteiger partial charge in [-0.15, -0.1) is 39.7 Å². The van der Waals surface area contributed by atoms with E-state index in [-0.39, 0.29) is 23.1 Å². The Bertz CT molecular complexity index is 766. The molecule has 0 radical (unpaired) electrons. The molecule has 3 fully saturated rings. The summed E-state index contributed by atoms with van der Waals surface area (Å²) in [5, 5.41) is 18.7. The van der Waals surface area contributed by atoms with Crippen LogP contribution in [0.15, 0.2) is 35.0 Å². The van der Waals surface area contributed by atoms with Crippen molar-refractivity contribution in [2.24, 2.45) is 17.3 Å². The largest absolute Gasteiger partial charge is 0.460 e. The first-order valence-corrected chi connectivity index (χ1v) is 11.0. The molecule has 146 valence electrons. The number of hydrogen-bond acceptors (Lipinski definition) is 6. The van der Waals surface area contributed by atoms with E-state index in [0.717, 1.165) is 12.8 Å². The van der Waals surface area contributed by atoms with E-state index in [0.29, 0.717) is 39.1 Å². The molecule has 0 amide bonds. The van der Waals surface area contributed by atoms with Gasteiger partial charge in [-0.05, 0) is 53.0 Å². The summed E-state index contributed by atoms with van der Waals surface area (Å²) in [6.07, 6.45) is 1.66. The van der Waals surface area contributed by atoms with E-state index in [1.807, 2.05) is 22.9 Å². The highest BCUT2D eigenvalue weighted by Gasteiger charge is 2.66. The van der Waals surface area contributed by atoms with Crippen LogP contribution in [-0.2, 0) is 15.1 Å². The molecule has 2 aromatic heterocycles. The van der Waals surface area contributed by atoms with Crippen molar-refractivity contribution >= 4 is 45.6 Å². The molecule has 2 aromatic rings. The number of nitrogens with one attached hydrogen (secondary N) is 1. The maximum absolute atomic E-state index is 13.1. The summed E-state index contributed by atoms with van der Waals surface area (Å²) < 4.78 is 5.94. The highest BCUT2D eigenvalue weighted by atomic mass is 79.9. The van der Waals surface area contributed by atoms with Crippen LogP contribution in [0.2, 0.25) is 0 Å². The molecule has 3 aliphatic rings. The van der Waals surface area contributed by atoms with Gasteiger partial charge in [0.15, 0.2) is 0 Å². The molecule has 1 saturated heterocycles. The molecule has 0 aromatic carbocycles. The first-order chi connectivity index (χ1) is 12.4. The monoisotopic (exact) mass is 469 g/mol. The Morgan fingerprint density at radius 3 is 2.11 bits per heavy atom. The number of esters is 1. The molecular weight excluding hydrogens is 446 g/mol. The number of piperidine rings is 1. The lowest BCUT2D eigenvalue weighted by molar-refractivity contribution is -0.172. The highest BCUT2D eigenvalue weighted by molar-refractivity contribution is 8.93. The van der Waals surface area contributed by atoms with Crippen LogP contribution in [0.4, 0.5) is 0 Å². The van der Waals surface area contributed by atoms with Crippen molar-refractivity contribution in [2.75, 3.05) is 0 Å². The van der Waals surface area contributed by atoms with E-state index in [9.17, 15) is 9.90 Å². The van der Waals surface area contributed by atoms with Crippen LogP contribution >= 0.6 is 39.7 Å². The topological polar surface area (TPSA) is 68.5 Å². The second kappa shape index (κ2) is 6.66. The minimum Gasteiger partial charge on any atom is -0.460 e. The minimum atomic E-state index is -1.70. The zero-order valence-corrected chi connectivity index (χ0v) is 18.6. The van der Waals surface area contributed by atoms with Crippen LogP contribution in [0.25, 0.3) is 0 Å². The lowest BCUT2D eigenvalue weighted by Gasteiger charge is -2.44. The number of hydrogen-bond donors (Lipinski definition) is 2. The number of carbonyl (C=O) groups is 1. The zero-order valence-electron chi connectivity index (χ0n) is 15.3. The molecule has 0 unspecified atom stereocenters. The van der Waals surface area contributed by atoms with Crippen molar-refractivity contribution in [3.8, 4) is 0 Å². The quantitative estimate of drug-likeness (QED) is 0.525. The van der Waals surface area contributed by atoms with Crippen molar-refractivity contribution in [2.45, 2.75) is 50.5 Å². The Morgan fingerprint density at radius 2 is 1.67 bits per heavy atom. The summed E-state index contributed by atoms with van der Waals surface area (Å²) in [6, 6.07) is 8.50. The summed E-state index contributed by atoms with van der Waals surface area (Å²) in [6.45, 7) is 4.70. The molecule has 3 heterocycles. The fourth-order valence-corrected chi connectivity index (χ4v) is 7.00. The highest BCUT2D eigenvalue weighted by Crippen LogP contribution is 2.60. The van der Waals surface area contributed by atoms with Crippen LogP contribution in [0.3, 0.4) is 0 Å². The van der Waals surface area contributed by atoms with Gasteiger partial charge in [0.05, 0.1) is 9.75 Å². The Hall–Kier alpha value is -0.730. The molecule has 2 aliphatic carbocycles. The van der Waals surface area contributed by atoms with Crippen molar-refractivity contribution in [1.82, 2.24) is 5.32 Å². The third-order valence-electron chi connectivity index (χ3n) is 6.80. The van der Waals surface area contributed by atoms with Gasteiger partial charge in [0.25, 0.3) is 0 Å². The molecule has 2 bridgehead atoms. The first-order valence-electron chi connectivity index (χ1n) is 9.20. The predicted octanol–water partition coefficient (Wildman–Crippen LogP) is 3.94. The number of carbonyl (C=O) groups excluding carboxylic acids is 1. The van der Waals surface area contributed by atoms with E-state index >= 15 is 0 Å². The fraction of sp³-hybridized carbons (Fsp3) is 0.550. The van der Waals surface area contributed by atoms with Gasteiger partial charge in [0.2, 0.25) is 5.60 Å². The Morgan fingerprint density at radius 1 is 1.15 bits per heavy atom. The molecule has 5 rings (SSSR count). The average Bonchev–Trinajstić information content (AvgIpc) is 2.98. The third-order valence-corrected chi connectivity index (χ3v) is 8.76. The number of fused-ring (bicyclic) bond motifs is 5. The van der Waals surface area contributed by atoms with Crippen LogP contribution in [0.1, 0.15) is 36.4 Å². The number of ether oxygens (including phenoxy) is 1. The van der Waals surface area contributed by atoms with Gasteiger partial charge in [0.1, 0.15) is 6.10 Å². The number of thiophene rings is 2. The molecule has 1 aliphatic heterocycles. The van der Waals surface area contributed by atoms with E-state index in [2.05, 4.69) is 19.2 Å². The molecule has 0 spiro atoms. The van der Waals surface area contributed by atoms with Crippen molar-refractivity contribution in [3.63, 3.8) is 0 Å². The van der Waals surface area contributed by atoms with E-state index in [4.69, 9.17) is 4.74 Å². The normalized spacial score (nSPS) is 33.1. The summed E-state index contributed by atoms with van der Waals surface area (Å²) in [7, 11) is 0. The molecule has 4 nitrogen and oxygen atoms in total. The van der Waals surface area contributed by atoms with Gasteiger partial charge in [-0.1, -0.05) is 26.0 Å². The van der Waals surface area contributed by atoms with E-state index < -0.39 is 11.6 Å². The third kappa shape index (κ3) is 2.85. The second-order valence-corrected chi connectivity index (χ2v) is 10.3. The second-order valence-electron chi connectivity index (χ2n) is 8.42. The molecule has 2 N–H and O–H groups in total. The van der Waals surface area contributed by atoms with Crippen molar-refractivity contribution < 1.29 is 14.6 Å². The average molecular weight is 470 g/mol. The molecular formula is C20H24BrNO3S2. The van der Waals surface area contributed by atoms with Crippen molar-refractivity contribution in [3.05, 3.63) is 44.8 Å². The molecule has 27 heavy (non-hydrogen) atoms. The molecule has 7 heteroatoms. The standard InChI is InChI=1S/C20H23NO3S2.BrH/c1-19(2)12-9-11(10-13(19)17-16(12)21-17)24-18(22)20(23,14-5-3-7-25-14)15-6-4-8-26-15;/h3-8,11-13,16-17,21,23H,9-10H2,1-2H3;1H/t11-,12-,13+,16-,17+;. The zero-order chi connectivity index (χ0) is 18.1. The molecule has 5 atom stereocenters. The first kappa shape index (κ1) is 19.6. The van der Waals surface area contributed by atoms with E-state index in [1.54, 1.807) is 12.1 Å². The van der Waals surface area contributed by atoms with Gasteiger partial charge >= 0.3 is 5.97 Å². The van der Waals surface area contributed by atoms with Crippen LogP contribution in [0.5, 0.6) is 0 Å². The smallest absolute Gasteiger partial charge is 0.349 e. The number of rotatable bonds is 4. The van der Waals surface area contributed by atoms with Gasteiger partial charge in [-0.25, -0.2) is 4.79 Å². The Balaban J connectivity index is 0.00000180. The fourth-order valence-electron chi connectivity index (χ4n) is 5.29. The summed E-state index contributed by atoms with van der Waals surface area (Å²) in [5.74, 6) is 0.550. The number of aliphatic hydroxyl groups is 1. The van der Waals surface area contributed by atoms with E-state index in [1.165, 1.54) is 22.7 Å². The lowest BCUT2D eigenvalue weighted by atomic mass is 9.65.